The van der Waals surface area contributed by atoms with Crippen molar-refractivity contribution < 1.29 is 4.79 Å². The summed E-state index contributed by atoms with van der Waals surface area (Å²) in [4.78, 5) is 13.1. The van der Waals surface area contributed by atoms with E-state index in [4.69, 9.17) is 0 Å². The summed E-state index contributed by atoms with van der Waals surface area (Å²) in [6, 6.07) is -0.0378. The highest BCUT2D eigenvalue weighted by Gasteiger charge is 2.20. The molecule has 14 heavy (non-hydrogen) atoms. The van der Waals surface area contributed by atoms with Crippen molar-refractivity contribution in [1.82, 2.24) is 10.2 Å². The third-order valence-electron chi connectivity index (χ3n) is 2.75. The Bertz CT molecular complexity index is 188. The van der Waals surface area contributed by atoms with E-state index in [9.17, 15) is 4.79 Å². The van der Waals surface area contributed by atoms with Crippen molar-refractivity contribution in [3.63, 3.8) is 0 Å². The summed E-state index contributed by atoms with van der Waals surface area (Å²) < 4.78 is 0. The molecule has 1 unspecified atom stereocenters. The van der Waals surface area contributed by atoms with Crippen LogP contribution in [0, 0.1) is 5.92 Å². The SMILES string of the molecule is CC(NCCCC1CC1)C(=O)N(C)C. The summed E-state index contributed by atoms with van der Waals surface area (Å²) in [5.41, 5.74) is 0. The molecule has 1 amide bonds. The molecule has 3 nitrogen and oxygen atoms in total. The molecule has 0 saturated heterocycles. The molecule has 1 fully saturated rings. The van der Waals surface area contributed by atoms with Crippen molar-refractivity contribution in [2.24, 2.45) is 5.92 Å². The minimum absolute atomic E-state index is 0.0378. The van der Waals surface area contributed by atoms with Crippen LogP contribution in [0.4, 0.5) is 0 Å². The van der Waals surface area contributed by atoms with Gasteiger partial charge in [-0.15, -0.1) is 0 Å². The van der Waals surface area contributed by atoms with Crippen LogP contribution >= 0.6 is 0 Å². The van der Waals surface area contributed by atoms with Crippen LogP contribution in [0.5, 0.6) is 0 Å². The lowest BCUT2D eigenvalue weighted by molar-refractivity contribution is -0.130. The zero-order chi connectivity index (χ0) is 10.6. The predicted molar refractivity (Wildman–Crippen MR) is 58.1 cm³/mol. The van der Waals surface area contributed by atoms with Gasteiger partial charge in [0.25, 0.3) is 0 Å². The summed E-state index contributed by atoms with van der Waals surface area (Å²) in [6.45, 7) is 2.90. The number of likely N-dealkylation sites (N-methyl/N-ethyl adjacent to an activating group) is 1. The average Bonchev–Trinajstić information content (AvgIpc) is 2.94. The summed E-state index contributed by atoms with van der Waals surface area (Å²) in [5.74, 6) is 1.16. The number of hydrogen-bond acceptors (Lipinski definition) is 2. The molecule has 0 radical (unpaired) electrons. The molecular formula is C11H22N2O. The minimum atomic E-state index is -0.0378. The number of carbonyl (C=O) groups excluding carboxylic acids is 1. The Morgan fingerprint density at radius 3 is 2.64 bits per heavy atom. The molecule has 3 heteroatoms. The Morgan fingerprint density at radius 2 is 2.14 bits per heavy atom. The van der Waals surface area contributed by atoms with Gasteiger partial charge in [-0.25, -0.2) is 0 Å². The molecule has 82 valence electrons. The summed E-state index contributed by atoms with van der Waals surface area (Å²) in [6.07, 6.45) is 5.38. The van der Waals surface area contributed by atoms with Crippen molar-refractivity contribution in [2.75, 3.05) is 20.6 Å². The van der Waals surface area contributed by atoms with Crippen molar-refractivity contribution >= 4 is 5.91 Å². The standard InChI is InChI=1S/C11H22N2O/c1-9(11(14)13(2)3)12-8-4-5-10-6-7-10/h9-10,12H,4-8H2,1-3H3. The van der Waals surface area contributed by atoms with E-state index in [-0.39, 0.29) is 11.9 Å². The number of hydrogen-bond donors (Lipinski definition) is 1. The molecule has 1 atom stereocenters. The van der Waals surface area contributed by atoms with Crippen molar-refractivity contribution in [1.29, 1.82) is 0 Å². The fourth-order valence-electron chi connectivity index (χ4n) is 1.59. The molecule has 1 N–H and O–H groups in total. The molecule has 1 aliphatic carbocycles. The molecule has 1 aliphatic rings. The highest BCUT2D eigenvalue weighted by Crippen LogP contribution is 2.33. The van der Waals surface area contributed by atoms with Gasteiger partial charge in [0.05, 0.1) is 6.04 Å². The van der Waals surface area contributed by atoms with E-state index in [0.29, 0.717) is 0 Å². The van der Waals surface area contributed by atoms with Gasteiger partial charge in [0, 0.05) is 14.1 Å². The Morgan fingerprint density at radius 1 is 1.50 bits per heavy atom. The Kier molecular flexibility index (Phi) is 4.39. The zero-order valence-corrected chi connectivity index (χ0v) is 9.55. The van der Waals surface area contributed by atoms with Gasteiger partial charge in [-0.2, -0.15) is 0 Å². The van der Waals surface area contributed by atoms with E-state index in [1.807, 2.05) is 6.92 Å². The van der Waals surface area contributed by atoms with Gasteiger partial charge in [-0.3, -0.25) is 4.79 Å². The van der Waals surface area contributed by atoms with E-state index < -0.39 is 0 Å². The first-order chi connectivity index (χ1) is 6.61. The number of amides is 1. The number of carbonyl (C=O) groups is 1. The van der Waals surface area contributed by atoms with Crippen LogP contribution in [0.1, 0.15) is 32.6 Å². The average molecular weight is 198 g/mol. The minimum Gasteiger partial charge on any atom is -0.347 e. The predicted octanol–water partition coefficient (Wildman–Crippen LogP) is 1.24. The molecule has 0 aromatic carbocycles. The molecule has 0 aromatic rings. The number of rotatable bonds is 6. The smallest absolute Gasteiger partial charge is 0.238 e. The van der Waals surface area contributed by atoms with Crippen LogP contribution in [0.2, 0.25) is 0 Å². The molecule has 0 bridgehead atoms. The van der Waals surface area contributed by atoms with E-state index in [0.717, 1.165) is 12.5 Å². The van der Waals surface area contributed by atoms with Crippen LogP contribution < -0.4 is 5.32 Å². The Labute approximate surface area is 86.9 Å². The van der Waals surface area contributed by atoms with Crippen molar-refractivity contribution in [3.05, 3.63) is 0 Å². The van der Waals surface area contributed by atoms with E-state index >= 15 is 0 Å². The van der Waals surface area contributed by atoms with E-state index in [1.165, 1.54) is 25.7 Å². The highest BCUT2D eigenvalue weighted by atomic mass is 16.2. The Balaban J connectivity index is 2.01. The molecule has 1 saturated carbocycles. The van der Waals surface area contributed by atoms with Crippen molar-refractivity contribution in [3.8, 4) is 0 Å². The largest absolute Gasteiger partial charge is 0.347 e. The van der Waals surface area contributed by atoms with Crippen LogP contribution in [-0.4, -0.2) is 37.5 Å². The maximum atomic E-state index is 11.4. The topological polar surface area (TPSA) is 32.3 Å². The van der Waals surface area contributed by atoms with Gasteiger partial charge in [-0.1, -0.05) is 12.8 Å². The van der Waals surface area contributed by atoms with Crippen LogP contribution in [0.25, 0.3) is 0 Å². The highest BCUT2D eigenvalue weighted by molar-refractivity contribution is 5.80. The summed E-state index contributed by atoms with van der Waals surface area (Å²) in [5, 5.41) is 3.26. The van der Waals surface area contributed by atoms with Gasteiger partial charge in [0.1, 0.15) is 0 Å². The Hall–Kier alpha value is -0.570. The number of nitrogens with zero attached hydrogens (tertiary/aromatic N) is 1. The third kappa shape index (κ3) is 4.09. The van der Waals surface area contributed by atoms with E-state index in [2.05, 4.69) is 5.32 Å². The van der Waals surface area contributed by atoms with Gasteiger partial charge < -0.3 is 10.2 Å². The van der Waals surface area contributed by atoms with E-state index in [1.54, 1.807) is 19.0 Å². The maximum Gasteiger partial charge on any atom is 0.238 e. The fourth-order valence-corrected chi connectivity index (χ4v) is 1.59. The molecule has 0 aliphatic heterocycles. The van der Waals surface area contributed by atoms with Crippen LogP contribution in [0.3, 0.4) is 0 Å². The first-order valence-electron chi connectivity index (χ1n) is 5.56. The van der Waals surface area contributed by atoms with Gasteiger partial charge in [-0.05, 0) is 32.2 Å². The molecule has 1 rings (SSSR count). The first kappa shape index (κ1) is 11.5. The second-order valence-electron chi connectivity index (χ2n) is 4.49. The van der Waals surface area contributed by atoms with Gasteiger partial charge in [0.2, 0.25) is 5.91 Å². The summed E-state index contributed by atoms with van der Waals surface area (Å²) in [7, 11) is 3.59. The van der Waals surface area contributed by atoms with Crippen LogP contribution in [-0.2, 0) is 4.79 Å². The zero-order valence-electron chi connectivity index (χ0n) is 9.55. The maximum absolute atomic E-state index is 11.4. The third-order valence-corrected chi connectivity index (χ3v) is 2.75. The second kappa shape index (κ2) is 5.35. The first-order valence-corrected chi connectivity index (χ1v) is 5.56. The van der Waals surface area contributed by atoms with Crippen molar-refractivity contribution in [2.45, 2.75) is 38.6 Å². The quantitative estimate of drug-likeness (QED) is 0.651. The molecule has 0 heterocycles. The molecule has 0 spiro atoms. The second-order valence-corrected chi connectivity index (χ2v) is 4.49. The monoisotopic (exact) mass is 198 g/mol. The fraction of sp³-hybridized carbons (Fsp3) is 0.909. The van der Waals surface area contributed by atoms with Gasteiger partial charge >= 0.3 is 0 Å². The summed E-state index contributed by atoms with van der Waals surface area (Å²) >= 11 is 0. The lowest BCUT2D eigenvalue weighted by atomic mass is 10.2. The molecular weight excluding hydrogens is 176 g/mol. The van der Waals surface area contributed by atoms with Crippen LogP contribution in [0.15, 0.2) is 0 Å². The van der Waals surface area contributed by atoms with Gasteiger partial charge in [0.15, 0.2) is 0 Å². The molecule has 0 aromatic heterocycles. The number of nitrogens with one attached hydrogen (secondary N) is 1. The lowest BCUT2D eigenvalue weighted by Gasteiger charge is -2.17. The lowest BCUT2D eigenvalue weighted by Crippen LogP contribution is -2.41. The normalized spacial score (nSPS) is 17.9.